The summed E-state index contributed by atoms with van der Waals surface area (Å²) in [6.45, 7) is 3.20. The zero-order valence-corrected chi connectivity index (χ0v) is 11.7. The van der Waals surface area contributed by atoms with E-state index >= 15 is 0 Å². The number of pyridine rings is 1. The van der Waals surface area contributed by atoms with Crippen molar-refractivity contribution in [3.63, 3.8) is 0 Å². The van der Waals surface area contributed by atoms with Gasteiger partial charge in [0.05, 0.1) is 4.92 Å². The third kappa shape index (κ3) is 5.56. The van der Waals surface area contributed by atoms with Crippen LogP contribution < -0.4 is 5.32 Å². The summed E-state index contributed by atoms with van der Waals surface area (Å²) in [5.41, 5.74) is 0.930. The molecule has 0 saturated heterocycles. The van der Waals surface area contributed by atoms with Crippen LogP contribution in [0.25, 0.3) is 0 Å². The molecule has 0 bridgehead atoms. The second kappa shape index (κ2) is 7.58. The summed E-state index contributed by atoms with van der Waals surface area (Å²) in [5, 5.41) is 14.1. The van der Waals surface area contributed by atoms with E-state index in [1.165, 1.54) is 0 Å². The van der Waals surface area contributed by atoms with Crippen LogP contribution in [0.3, 0.4) is 0 Å². The van der Waals surface area contributed by atoms with E-state index in [0.717, 1.165) is 18.2 Å². The highest BCUT2D eigenvalue weighted by Crippen LogP contribution is 2.09. The number of rotatable bonds is 7. The van der Waals surface area contributed by atoms with Gasteiger partial charge in [0.25, 0.3) is 6.20 Å². The summed E-state index contributed by atoms with van der Waals surface area (Å²) < 4.78 is 0. The molecular formula is C12H17ClN4O2. The third-order valence-electron chi connectivity index (χ3n) is 2.40. The highest BCUT2D eigenvalue weighted by atomic mass is 35.5. The van der Waals surface area contributed by atoms with Gasteiger partial charge in [-0.15, -0.1) is 0 Å². The number of halogens is 1. The van der Waals surface area contributed by atoms with Crippen molar-refractivity contribution in [2.24, 2.45) is 0 Å². The van der Waals surface area contributed by atoms with Crippen LogP contribution in [0.4, 0.5) is 0 Å². The highest BCUT2D eigenvalue weighted by Gasteiger charge is 2.09. The number of nitro groups is 1. The normalized spacial score (nSPS) is 11.2. The van der Waals surface area contributed by atoms with Crippen molar-refractivity contribution in [3.05, 3.63) is 51.2 Å². The molecule has 0 atom stereocenters. The predicted molar refractivity (Wildman–Crippen MR) is 74.1 cm³/mol. The molecule has 0 aliphatic carbocycles. The maximum absolute atomic E-state index is 10.6. The maximum Gasteiger partial charge on any atom is 0.274 e. The van der Waals surface area contributed by atoms with Crippen LogP contribution in [0.5, 0.6) is 0 Å². The molecule has 0 amide bonds. The summed E-state index contributed by atoms with van der Waals surface area (Å²) in [7, 11) is 1.78. The SMILES string of the molecule is CCCNC(=C[N+](=O)[O-])N(C)Cc1ccc(Cl)nc1. The predicted octanol–water partition coefficient (Wildman–Crippen LogP) is 2.24. The van der Waals surface area contributed by atoms with Crippen molar-refractivity contribution in [2.45, 2.75) is 19.9 Å². The first-order valence-corrected chi connectivity index (χ1v) is 6.31. The fourth-order valence-electron chi connectivity index (χ4n) is 1.49. The Morgan fingerprint density at radius 2 is 2.37 bits per heavy atom. The molecule has 0 aromatic carbocycles. The Bertz CT molecular complexity index is 448. The fourth-order valence-corrected chi connectivity index (χ4v) is 1.60. The van der Waals surface area contributed by atoms with Gasteiger partial charge in [-0.1, -0.05) is 24.6 Å². The van der Waals surface area contributed by atoms with Gasteiger partial charge >= 0.3 is 0 Å². The lowest BCUT2D eigenvalue weighted by molar-refractivity contribution is -0.404. The van der Waals surface area contributed by atoms with Crippen molar-refractivity contribution in [3.8, 4) is 0 Å². The van der Waals surface area contributed by atoms with Gasteiger partial charge < -0.3 is 10.2 Å². The average molecular weight is 285 g/mol. The van der Waals surface area contributed by atoms with Gasteiger partial charge in [0.1, 0.15) is 5.15 Å². The Kier molecular flexibility index (Phi) is 6.08. The molecule has 0 aliphatic heterocycles. The zero-order chi connectivity index (χ0) is 14.3. The molecular weight excluding hydrogens is 268 g/mol. The van der Waals surface area contributed by atoms with Crippen molar-refractivity contribution >= 4 is 11.6 Å². The minimum atomic E-state index is -0.464. The van der Waals surface area contributed by atoms with Gasteiger partial charge in [0, 0.05) is 26.3 Å². The summed E-state index contributed by atoms with van der Waals surface area (Å²) >= 11 is 5.71. The lowest BCUT2D eigenvalue weighted by Crippen LogP contribution is -2.29. The molecule has 7 heteroatoms. The molecule has 104 valence electrons. The zero-order valence-electron chi connectivity index (χ0n) is 11.0. The van der Waals surface area contributed by atoms with Gasteiger partial charge in [-0.3, -0.25) is 10.1 Å². The van der Waals surface area contributed by atoms with E-state index in [-0.39, 0.29) is 0 Å². The van der Waals surface area contributed by atoms with Crippen LogP contribution in [-0.4, -0.2) is 28.4 Å². The lowest BCUT2D eigenvalue weighted by Gasteiger charge is -2.21. The summed E-state index contributed by atoms with van der Waals surface area (Å²) in [5.74, 6) is 0.474. The molecule has 1 aromatic rings. The molecule has 0 fully saturated rings. The van der Waals surface area contributed by atoms with Crippen LogP contribution in [0.15, 0.2) is 30.4 Å². The Balaban J connectivity index is 2.73. The fraction of sp³-hybridized carbons (Fsp3) is 0.417. The first-order chi connectivity index (χ1) is 9.02. The molecule has 0 saturated carbocycles. The molecule has 1 rings (SSSR count). The van der Waals surface area contributed by atoms with E-state index in [0.29, 0.717) is 24.1 Å². The molecule has 1 aromatic heterocycles. The smallest absolute Gasteiger partial charge is 0.274 e. The van der Waals surface area contributed by atoms with Crippen molar-refractivity contribution in [2.75, 3.05) is 13.6 Å². The van der Waals surface area contributed by atoms with Crippen LogP contribution in [0.2, 0.25) is 5.15 Å². The van der Waals surface area contributed by atoms with E-state index in [4.69, 9.17) is 11.6 Å². The van der Waals surface area contributed by atoms with Crippen LogP contribution in [0.1, 0.15) is 18.9 Å². The number of hydrogen-bond acceptors (Lipinski definition) is 5. The van der Waals surface area contributed by atoms with Gasteiger partial charge in [-0.2, -0.15) is 0 Å². The van der Waals surface area contributed by atoms with E-state index in [9.17, 15) is 10.1 Å². The monoisotopic (exact) mass is 284 g/mol. The van der Waals surface area contributed by atoms with Gasteiger partial charge in [-0.05, 0) is 18.1 Å². The van der Waals surface area contributed by atoms with Crippen molar-refractivity contribution in [1.29, 1.82) is 0 Å². The number of hydrogen-bond donors (Lipinski definition) is 1. The highest BCUT2D eigenvalue weighted by molar-refractivity contribution is 6.29. The Morgan fingerprint density at radius 3 is 2.89 bits per heavy atom. The van der Waals surface area contributed by atoms with Gasteiger partial charge in [-0.25, -0.2) is 4.98 Å². The molecule has 1 N–H and O–H groups in total. The standard InChI is InChI=1S/C12H17ClN4O2/c1-3-6-14-12(9-17(18)19)16(2)8-10-4-5-11(13)15-7-10/h4-5,7,9,14H,3,6,8H2,1-2H3. The van der Waals surface area contributed by atoms with Crippen LogP contribution >= 0.6 is 11.6 Å². The Hall–Kier alpha value is -1.82. The molecule has 19 heavy (non-hydrogen) atoms. The molecule has 6 nitrogen and oxygen atoms in total. The second-order valence-corrected chi connectivity index (χ2v) is 4.46. The maximum atomic E-state index is 10.6. The van der Waals surface area contributed by atoms with Gasteiger partial charge in [0.2, 0.25) is 0 Å². The number of nitrogens with zero attached hydrogens (tertiary/aromatic N) is 3. The first-order valence-electron chi connectivity index (χ1n) is 5.93. The van der Waals surface area contributed by atoms with E-state index in [1.807, 2.05) is 13.0 Å². The van der Waals surface area contributed by atoms with Crippen molar-refractivity contribution < 1.29 is 4.92 Å². The summed E-state index contributed by atoms with van der Waals surface area (Å²) in [4.78, 5) is 15.9. The molecule has 0 spiro atoms. The second-order valence-electron chi connectivity index (χ2n) is 4.07. The Labute approximate surface area is 117 Å². The first kappa shape index (κ1) is 15.2. The van der Waals surface area contributed by atoms with E-state index in [2.05, 4.69) is 10.3 Å². The number of aromatic nitrogens is 1. The quantitative estimate of drug-likeness (QED) is 0.472. The van der Waals surface area contributed by atoms with E-state index < -0.39 is 4.92 Å². The van der Waals surface area contributed by atoms with Gasteiger partial charge in [0.15, 0.2) is 5.82 Å². The molecule has 0 aliphatic rings. The third-order valence-corrected chi connectivity index (χ3v) is 2.63. The van der Waals surface area contributed by atoms with Crippen molar-refractivity contribution in [1.82, 2.24) is 15.2 Å². The average Bonchev–Trinajstić information content (AvgIpc) is 2.36. The summed E-state index contributed by atoms with van der Waals surface area (Å²) in [6, 6.07) is 3.54. The molecule has 0 unspecified atom stereocenters. The minimum absolute atomic E-state index is 0.427. The Morgan fingerprint density at radius 1 is 1.63 bits per heavy atom. The molecule has 1 heterocycles. The molecule has 0 radical (unpaired) electrons. The topological polar surface area (TPSA) is 71.3 Å². The van der Waals surface area contributed by atoms with Crippen LogP contribution in [0, 0.1) is 10.1 Å². The summed E-state index contributed by atoms with van der Waals surface area (Å²) in [6.07, 6.45) is 3.52. The number of nitrogens with one attached hydrogen (secondary N) is 1. The van der Waals surface area contributed by atoms with Crippen LogP contribution in [-0.2, 0) is 6.54 Å². The largest absolute Gasteiger partial charge is 0.367 e. The van der Waals surface area contributed by atoms with E-state index in [1.54, 1.807) is 24.2 Å². The lowest BCUT2D eigenvalue weighted by atomic mass is 10.3. The minimum Gasteiger partial charge on any atom is -0.367 e.